The van der Waals surface area contributed by atoms with Crippen molar-refractivity contribution >= 4 is 17.0 Å². The molecular weight excluding hydrogens is 212 g/mol. The van der Waals surface area contributed by atoms with E-state index in [1.165, 1.54) is 17.4 Å². The van der Waals surface area contributed by atoms with Crippen molar-refractivity contribution in [1.82, 2.24) is 4.98 Å². The maximum atomic E-state index is 10.6. The van der Waals surface area contributed by atoms with Crippen LogP contribution in [-0.2, 0) is 0 Å². The van der Waals surface area contributed by atoms with Crippen molar-refractivity contribution in [3.05, 3.63) is 45.5 Å². The Hall–Kier alpha value is -1.75. The molecule has 0 fully saturated rings. The van der Waals surface area contributed by atoms with Gasteiger partial charge in [-0.1, -0.05) is 6.07 Å². The fourth-order valence-corrected chi connectivity index (χ4v) is 2.03. The Labute approximate surface area is 90.4 Å². The highest BCUT2D eigenvalue weighted by Crippen LogP contribution is 2.28. The van der Waals surface area contributed by atoms with Gasteiger partial charge in [0.15, 0.2) is 0 Å². The fourth-order valence-electron chi connectivity index (χ4n) is 1.31. The predicted molar refractivity (Wildman–Crippen MR) is 58.9 cm³/mol. The van der Waals surface area contributed by atoms with Crippen molar-refractivity contribution < 1.29 is 4.92 Å². The molecule has 0 amide bonds. The average molecular weight is 220 g/mol. The quantitative estimate of drug-likeness (QED) is 0.577. The highest BCUT2D eigenvalue weighted by molar-refractivity contribution is 7.13. The number of hydrogen-bond acceptors (Lipinski definition) is 4. The van der Waals surface area contributed by atoms with Gasteiger partial charge in [0.25, 0.3) is 5.69 Å². The molecule has 0 aliphatic rings. The number of nitro benzene ring substituents is 1. The minimum absolute atomic E-state index is 0.103. The van der Waals surface area contributed by atoms with E-state index in [1.807, 2.05) is 12.3 Å². The first kappa shape index (κ1) is 9.79. The molecule has 1 aromatic carbocycles. The molecule has 2 rings (SSSR count). The largest absolute Gasteiger partial charge is 0.270 e. The van der Waals surface area contributed by atoms with E-state index in [0.717, 1.165) is 16.1 Å². The third-order valence-electron chi connectivity index (χ3n) is 2.09. The zero-order valence-corrected chi connectivity index (χ0v) is 8.82. The lowest BCUT2D eigenvalue weighted by molar-refractivity contribution is -0.384. The number of aromatic nitrogens is 1. The van der Waals surface area contributed by atoms with Crippen LogP contribution in [0.3, 0.4) is 0 Å². The smallest absolute Gasteiger partial charge is 0.258 e. The highest BCUT2D eigenvalue weighted by atomic mass is 32.1. The molecule has 0 aliphatic carbocycles. The van der Waals surface area contributed by atoms with Crippen LogP contribution in [0.1, 0.15) is 5.56 Å². The molecule has 0 aliphatic heterocycles. The van der Waals surface area contributed by atoms with Crippen molar-refractivity contribution in [2.45, 2.75) is 6.92 Å². The van der Waals surface area contributed by atoms with Crippen LogP contribution in [0.4, 0.5) is 5.69 Å². The van der Waals surface area contributed by atoms with Crippen LogP contribution in [0.5, 0.6) is 0 Å². The Morgan fingerprint density at radius 3 is 2.87 bits per heavy atom. The van der Waals surface area contributed by atoms with E-state index < -0.39 is 4.92 Å². The van der Waals surface area contributed by atoms with E-state index in [0.29, 0.717) is 0 Å². The number of hydrogen-bond donors (Lipinski definition) is 0. The number of thiazole rings is 1. The second-order valence-corrected chi connectivity index (χ2v) is 3.99. The molecule has 0 spiro atoms. The number of non-ortho nitro benzene ring substituents is 1. The summed E-state index contributed by atoms with van der Waals surface area (Å²) in [7, 11) is 0. The number of aryl methyl sites for hydroxylation is 1. The van der Waals surface area contributed by atoms with Gasteiger partial charge in [0.1, 0.15) is 5.01 Å². The molecule has 1 heterocycles. The molecule has 5 heteroatoms. The van der Waals surface area contributed by atoms with Crippen molar-refractivity contribution in [1.29, 1.82) is 0 Å². The summed E-state index contributed by atoms with van der Waals surface area (Å²) in [5, 5.41) is 13.3. The van der Waals surface area contributed by atoms with E-state index >= 15 is 0 Å². The molecule has 4 nitrogen and oxygen atoms in total. The van der Waals surface area contributed by atoms with Gasteiger partial charge in [-0.15, -0.1) is 11.3 Å². The molecule has 0 saturated heterocycles. The molecule has 15 heavy (non-hydrogen) atoms. The summed E-state index contributed by atoms with van der Waals surface area (Å²) in [6.45, 7) is 1.92. The van der Waals surface area contributed by atoms with Gasteiger partial charge in [-0.3, -0.25) is 10.1 Å². The lowest BCUT2D eigenvalue weighted by Crippen LogP contribution is -1.90. The summed E-state index contributed by atoms with van der Waals surface area (Å²) in [6, 6.07) is 4.81. The Balaban J connectivity index is 2.55. The molecule has 0 unspecified atom stereocenters. The van der Waals surface area contributed by atoms with E-state index in [2.05, 4.69) is 4.98 Å². The minimum atomic E-state index is -0.392. The Bertz CT molecular complexity index is 494. The van der Waals surface area contributed by atoms with E-state index in [4.69, 9.17) is 0 Å². The summed E-state index contributed by atoms with van der Waals surface area (Å²) >= 11 is 1.48. The van der Waals surface area contributed by atoms with Crippen molar-refractivity contribution in [3.63, 3.8) is 0 Å². The molecule has 0 bridgehead atoms. The highest BCUT2D eigenvalue weighted by Gasteiger charge is 2.11. The van der Waals surface area contributed by atoms with Gasteiger partial charge >= 0.3 is 0 Å². The van der Waals surface area contributed by atoms with Crippen LogP contribution in [-0.4, -0.2) is 9.91 Å². The van der Waals surface area contributed by atoms with Gasteiger partial charge in [0.05, 0.1) is 4.92 Å². The molecule has 2 aromatic rings. The van der Waals surface area contributed by atoms with Crippen LogP contribution in [0, 0.1) is 17.0 Å². The standard InChI is InChI=1S/C10H8N2O2S/c1-7-2-3-8(12(13)14)6-9(7)10-11-4-5-15-10/h2-6H,1H3. The normalized spacial score (nSPS) is 10.2. The van der Waals surface area contributed by atoms with Crippen molar-refractivity contribution in [2.24, 2.45) is 0 Å². The molecule has 0 N–H and O–H groups in total. The number of benzene rings is 1. The maximum absolute atomic E-state index is 10.6. The van der Waals surface area contributed by atoms with Gasteiger partial charge in [-0.25, -0.2) is 4.98 Å². The summed E-state index contributed by atoms with van der Waals surface area (Å²) < 4.78 is 0. The van der Waals surface area contributed by atoms with E-state index in [1.54, 1.807) is 18.3 Å². The summed E-state index contributed by atoms with van der Waals surface area (Å²) in [6.07, 6.45) is 1.69. The predicted octanol–water partition coefficient (Wildman–Crippen LogP) is 3.03. The SMILES string of the molecule is Cc1ccc([N+](=O)[O-])cc1-c1nccs1. The third kappa shape index (κ3) is 1.87. The van der Waals surface area contributed by atoms with Crippen molar-refractivity contribution in [3.8, 4) is 10.6 Å². The summed E-state index contributed by atoms with van der Waals surface area (Å²) in [5.41, 5.74) is 1.93. The number of nitrogens with zero attached hydrogens (tertiary/aromatic N) is 2. The van der Waals surface area contributed by atoms with Crippen LogP contribution >= 0.6 is 11.3 Å². The first-order valence-electron chi connectivity index (χ1n) is 4.33. The lowest BCUT2D eigenvalue weighted by atomic mass is 10.1. The van der Waals surface area contributed by atoms with Crippen LogP contribution in [0.25, 0.3) is 10.6 Å². The van der Waals surface area contributed by atoms with E-state index in [9.17, 15) is 10.1 Å². The van der Waals surface area contributed by atoms with E-state index in [-0.39, 0.29) is 5.69 Å². The van der Waals surface area contributed by atoms with Gasteiger partial charge in [0, 0.05) is 29.3 Å². The molecule has 76 valence electrons. The topological polar surface area (TPSA) is 56.0 Å². The van der Waals surface area contributed by atoms with Gasteiger partial charge in [-0.05, 0) is 12.5 Å². The molecule has 0 saturated carbocycles. The number of rotatable bonds is 2. The summed E-state index contributed by atoms with van der Waals surface area (Å²) in [4.78, 5) is 14.4. The van der Waals surface area contributed by atoms with Gasteiger partial charge in [-0.2, -0.15) is 0 Å². The van der Waals surface area contributed by atoms with Gasteiger partial charge < -0.3 is 0 Å². The molecule has 0 atom stereocenters. The molecular formula is C10H8N2O2S. The van der Waals surface area contributed by atoms with Crippen molar-refractivity contribution in [2.75, 3.05) is 0 Å². The fraction of sp³-hybridized carbons (Fsp3) is 0.100. The second-order valence-electron chi connectivity index (χ2n) is 3.09. The first-order valence-corrected chi connectivity index (χ1v) is 5.21. The zero-order valence-electron chi connectivity index (χ0n) is 8.01. The minimum Gasteiger partial charge on any atom is -0.258 e. The first-order chi connectivity index (χ1) is 7.18. The van der Waals surface area contributed by atoms with Crippen LogP contribution < -0.4 is 0 Å². The van der Waals surface area contributed by atoms with Crippen LogP contribution in [0.2, 0.25) is 0 Å². The second kappa shape index (κ2) is 3.78. The Kier molecular flexibility index (Phi) is 2.47. The molecule has 0 radical (unpaired) electrons. The summed E-state index contributed by atoms with van der Waals surface area (Å²) in [5.74, 6) is 0. The molecule has 1 aromatic heterocycles. The lowest BCUT2D eigenvalue weighted by Gasteiger charge is -2.01. The third-order valence-corrected chi connectivity index (χ3v) is 2.90. The number of nitro groups is 1. The van der Waals surface area contributed by atoms with Crippen LogP contribution in [0.15, 0.2) is 29.8 Å². The Morgan fingerprint density at radius 1 is 1.47 bits per heavy atom. The Morgan fingerprint density at radius 2 is 2.27 bits per heavy atom. The average Bonchev–Trinajstić information content (AvgIpc) is 2.71. The van der Waals surface area contributed by atoms with Gasteiger partial charge in [0.2, 0.25) is 0 Å². The monoisotopic (exact) mass is 220 g/mol. The maximum Gasteiger partial charge on any atom is 0.270 e. The zero-order chi connectivity index (χ0) is 10.8.